The summed E-state index contributed by atoms with van der Waals surface area (Å²) < 4.78 is 43.2. The number of rotatable bonds is 7. The quantitative estimate of drug-likeness (QED) is 0.572. The van der Waals surface area contributed by atoms with E-state index in [0.717, 1.165) is 0 Å². The second-order valence-corrected chi connectivity index (χ2v) is 3.88. The summed E-state index contributed by atoms with van der Waals surface area (Å²) in [6.45, 7) is -1.05. The number of alkyl halides is 3. The SMILES string of the molecule is O=C(CCCOC(=O)c1ccccc1)COC(F)(F)F. The molecule has 0 aliphatic rings. The molecule has 0 atom stereocenters. The third-order valence-electron chi connectivity index (χ3n) is 2.24. The standard InChI is InChI=1S/C13H13F3O4/c14-13(15,16)20-9-11(17)7-4-8-19-12(18)10-5-2-1-3-6-10/h1-3,5-6H,4,7-9H2. The Morgan fingerprint density at radius 2 is 1.75 bits per heavy atom. The van der Waals surface area contributed by atoms with Gasteiger partial charge in [-0.1, -0.05) is 18.2 Å². The summed E-state index contributed by atoms with van der Waals surface area (Å²) in [6.07, 6.45) is -4.80. The number of hydrogen-bond donors (Lipinski definition) is 0. The molecule has 0 unspecified atom stereocenters. The van der Waals surface area contributed by atoms with E-state index in [9.17, 15) is 22.8 Å². The van der Waals surface area contributed by atoms with Gasteiger partial charge in [-0.3, -0.25) is 9.53 Å². The van der Waals surface area contributed by atoms with Crippen LogP contribution in [0.3, 0.4) is 0 Å². The number of carbonyl (C=O) groups is 2. The first-order chi connectivity index (χ1) is 9.38. The minimum atomic E-state index is -4.81. The van der Waals surface area contributed by atoms with Crippen molar-refractivity contribution in [3.8, 4) is 0 Å². The van der Waals surface area contributed by atoms with E-state index >= 15 is 0 Å². The lowest BCUT2D eigenvalue weighted by molar-refractivity contribution is -0.320. The summed E-state index contributed by atoms with van der Waals surface area (Å²) in [5, 5.41) is 0. The van der Waals surface area contributed by atoms with Crippen LogP contribution in [0.2, 0.25) is 0 Å². The van der Waals surface area contributed by atoms with E-state index < -0.39 is 24.7 Å². The van der Waals surface area contributed by atoms with E-state index in [4.69, 9.17) is 4.74 Å². The van der Waals surface area contributed by atoms with E-state index in [1.165, 1.54) is 0 Å². The van der Waals surface area contributed by atoms with Gasteiger partial charge in [-0.15, -0.1) is 13.2 Å². The van der Waals surface area contributed by atoms with Crippen LogP contribution in [0.25, 0.3) is 0 Å². The molecule has 1 rings (SSSR count). The molecule has 0 saturated heterocycles. The van der Waals surface area contributed by atoms with E-state index in [2.05, 4.69) is 4.74 Å². The molecule has 4 nitrogen and oxygen atoms in total. The average Bonchev–Trinajstić information content (AvgIpc) is 2.41. The molecule has 0 aliphatic carbocycles. The Balaban J connectivity index is 2.16. The van der Waals surface area contributed by atoms with E-state index in [0.29, 0.717) is 5.56 Å². The molecule has 1 aromatic carbocycles. The topological polar surface area (TPSA) is 52.6 Å². The molecule has 0 saturated carbocycles. The summed E-state index contributed by atoms with van der Waals surface area (Å²) in [5.41, 5.74) is 0.374. The fourth-order valence-electron chi connectivity index (χ4n) is 1.33. The average molecular weight is 290 g/mol. The maximum Gasteiger partial charge on any atom is 0.522 e. The zero-order valence-electron chi connectivity index (χ0n) is 10.5. The number of esters is 1. The minimum Gasteiger partial charge on any atom is -0.462 e. The van der Waals surface area contributed by atoms with Gasteiger partial charge in [0, 0.05) is 6.42 Å². The fraction of sp³-hybridized carbons (Fsp3) is 0.385. The van der Waals surface area contributed by atoms with Crippen LogP contribution in [0, 0.1) is 0 Å². The van der Waals surface area contributed by atoms with Crippen molar-refractivity contribution in [1.82, 2.24) is 0 Å². The van der Waals surface area contributed by atoms with Crippen molar-refractivity contribution >= 4 is 11.8 Å². The largest absolute Gasteiger partial charge is 0.522 e. The van der Waals surface area contributed by atoms with Crippen LogP contribution in [0.1, 0.15) is 23.2 Å². The third-order valence-corrected chi connectivity index (χ3v) is 2.24. The number of Topliss-reactive ketones (excluding diaryl/α,β-unsaturated/α-hetero) is 1. The van der Waals surface area contributed by atoms with Crippen LogP contribution in [0.15, 0.2) is 30.3 Å². The van der Waals surface area contributed by atoms with Crippen molar-refractivity contribution in [3.63, 3.8) is 0 Å². The first kappa shape index (κ1) is 16.2. The Labute approximate surface area is 113 Å². The molecule has 20 heavy (non-hydrogen) atoms. The number of ether oxygens (including phenoxy) is 2. The van der Waals surface area contributed by atoms with Gasteiger partial charge in [0.05, 0.1) is 12.2 Å². The van der Waals surface area contributed by atoms with Crippen molar-refractivity contribution in [1.29, 1.82) is 0 Å². The van der Waals surface area contributed by atoms with Crippen molar-refractivity contribution in [2.75, 3.05) is 13.2 Å². The Kier molecular flexibility index (Phi) is 6.17. The second kappa shape index (κ2) is 7.64. The summed E-state index contributed by atoms with van der Waals surface area (Å²) in [4.78, 5) is 22.5. The lowest BCUT2D eigenvalue weighted by Gasteiger charge is -2.07. The number of halogens is 3. The fourth-order valence-corrected chi connectivity index (χ4v) is 1.33. The van der Waals surface area contributed by atoms with Gasteiger partial charge >= 0.3 is 12.3 Å². The van der Waals surface area contributed by atoms with Gasteiger partial charge in [0.1, 0.15) is 6.61 Å². The summed E-state index contributed by atoms with van der Waals surface area (Å²) >= 11 is 0. The molecule has 0 radical (unpaired) electrons. The van der Waals surface area contributed by atoms with E-state index in [1.807, 2.05) is 0 Å². The number of ketones is 1. The van der Waals surface area contributed by atoms with Gasteiger partial charge in [-0.2, -0.15) is 0 Å². The van der Waals surface area contributed by atoms with Gasteiger partial charge in [-0.05, 0) is 18.6 Å². The summed E-state index contributed by atoms with van der Waals surface area (Å²) in [7, 11) is 0. The predicted octanol–water partition coefficient (Wildman–Crippen LogP) is 2.73. The minimum absolute atomic E-state index is 0.0362. The van der Waals surface area contributed by atoms with Crippen molar-refractivity contribution < 1.29 is 32.2 Å². The van der Waals surface area contributed by atoms with Crippen LogP contribution in [0.5, 0.6) is 0 Å². The number of carbonyl (C=O) groups excluding carboxylic acids is 2. The van der Waals surface area contributed by atoms with Crippen LogP contribution >= 0.6 is 0 Å². The molecule has 0 heterocycles. The lowest BCUT2D eigenvalue weighted by atomic mass is 10.2. The van der Waals surface area contributed by atoms with Crippen molar-refractivity contribution in [2.45, 2.75) is 19.2 Å². The molecular weight excluding hydrogens is 277 g/mol. The molecule has 0 aliphatic heterocycles. The van der Waals surface area contributed by atoms with Gasteiger partial charge < -0.3 is 4.74 Å². The third kappa shape index (κ3) is 6.89. The second-order valence-electron chi connectivity index (χ2n) is 3.88. The van der Waals surface area contributed by atoms with E-state index in [-0.39, 0.29) is 19.4 Å². The van der Waals surface area contributed by atoms with Crippen LogP contribution in [-0.2, 0) is 14.3 Å². The molecule has 0 amide bonds. The molecule has 110 valence electrons. The van der Waals surface area contributed by atoms with Crippen LogP contribution in [-0.4, -0.2) is 31.3 Å². The highest BCUT2D eigenvalue weighted by Crippen LogP contribution is 2.16. The molecule has 0 spiro atoms. The van der Waals surface area contributed by atoms with Gasteiger partial charge in [0.15, 0.2) is 5.78 Å². The van der Waals surface area contributed by atoms with Gasteiger partial charge in [0.2, 0.25) is 0 Å². The lowest BCUT2D eigenvalue weighted by Crippen LogP contribution is -2.19. The van der Waals surface area contributed by atoms with Crippen molar-refractivity contribution in [3.05, 3.63) is 35.9 Å². The van der Waals surface area contributed by atoms with Crippen molar-refractivity contribution in [2.24, 2.45) is 0 Å². The molecule has 7 heteroatoms. The molecule has 0 N–H and O–H groups in total. The highest BCUT2D eigenvalue weighted by atomic mass is 19.4. The smallest absolute Gasteiger partial charge is 0.462 e. The highest BCUT2D eigenvalue weighted by Gasteiger charge is 2.29. The van der Waals surface area contributed by atoms with E-state index in [1.54, 1.807) is 30.3 Å². The zero-order valence-corrected chi connectivity index (χ0v) is 10.5. The Hall–Kier alpha value is -1.89. The molecular formula is C13H13F3O4. The van der Waals surface area contributed by atoms with Crippen LogP contribution < -0.4 is 0 Å². The van der Waals surface area contributed by atoms with Gasteiger partial charge in [-0.25, -0.2) is 4.79 Å². The molecule has 1 aromatic rings. The Bertz CT molecular complexity index is 443. The number of hydrogen-bond acceptors (Lipinski definition) is 4. The molecule has 0 aromatic heterocycles. The maximum absolute atomic E-state index is 11.7. The monoisotopic (exact) mass is 290 g/mol. The maximum atomic E-state index is 11.7. The predicted molar refractivity (Wildman–Crippen MR) is 63.0 cm³/mol. The Morgan fingerprint density at radius 3 is 2.35 bits per heavy atom. The first-order valence-electron chi connectivity index (χ1n) is 5.83. The number of benzene rings is 1. The highest BCUT2D eigenvalue weighted by molar-refractivity contribution is 5.89. The summed E-state index contributed by atoms with van der Waals surface area (Å²) in [5.74, 6) is -1.23. The Morgan fingerprint density at radius 1 is 1.10 bits per heavy atom. The van der Waals surface area contributed by atoms with Gasteiger partial charge in [0.25, 0.3) is 0 Å². The van der Waals surface area contributed by atoms with Crippen LogP contribution in [0.4, 0.5) is 13.2 Å². The first-order valence-corrected chi connectivity index (χ1v) is 5.83. The molecule has 0 fully saturated rings. The zero-order chi connectivity index (χ0) is 15.0. The summed E-state index contributed by atoms with van der Waals surface area (Å²) in [6, 6.07) is 8.24. The molecule has 0 bridgehead atoms. The normalized spacial score (nSPS) is 11.2.